The van der Waals surface area contributed by atoms with Gasteiger partial charge in [0.25, 0.3) is 0 Å². The summed E-state index contributed by atoms with van der Waals surface area (Å²) >= 11 is 3.98. The van der Waals surface area contributed by atoms with E-state index in [-0.39, 0.29) is 35.7 Å². The molecule has 6 heteroatoms. The van der Waals surface area contributed by atoms with Crippen molar-refractivity contribution < 1.29 is 14.4 Å². The van der Waals surface area contributed by atoms with Gasteiger partial charge < -0.3 is 10.6 Å². The summed E-state index contributed by atoms with van der Waals surface area (Å²) in [5.74, 6) is -0.498. The van der Waals surface area contributed by atoms with E-state index in [4.69, 9.17) is 0 Å². The van der Waals surface area contributed by atoms with Gasteiger partial charge in [-0.25, -0.2) is 0 Å². The lowest BCUT2D eigenvalue weighted by atomic mass is 9.84. The number of likely N-dealkylation sites (N-methyl/N-ethyl adjacent to an activating group) is 1. The highest BCUT2D eigenvalue weighted by Gasteiger charge is 2.34. The number of nitrogens with one attached hydrogen (secondary N) is 2. The number of ketones is 1. The molecule has 0 aromatic heterocycles. The normalized spacial score (nSPS) is 14.3. The van der Waals surface area contributed by atoms with Crippen LogP contribution in [0.1, 0.15) is 54.4 Å². The number of carbonyl (C=O) groups excluding carboxylic acids is 3. The molecule has 2 N–H and O–H groups in total. The Hall–Kier alpha value is -1.04. The van der Waals surface area contributed by atoms with Crippen LogP contribution in [-0.4, -0.2) is 35.9 Å². The molecule has 0 aliphatic heterocycles. The molecule has 0 fully saturated rings. The topological polar surface area (TPSA) is 75.3 Å². The van der Waals surface area contributed by atoms with Crippen LogP contribution >= 0.6 is 12.6 Å². The molecule has 0 aliphatic rings. The van der Waals surface area contributed by atoms with Gasteiger partial charge >= 0.3 is 0 Å². The lowest BCUT2D eigenvalue weighted by Gasteiger charge is -2.31. The van der Waals surface area contributed by atoms with Crippen LogP contribution in [0.15, 0.2) is 0 Å². The smallest absolute Gasteiger partial charge is 0.243 e. The Morgan fingerprint density at radius 1 is 1.09 bits per heavy atom. The fraction of sp³-hybridized carbons (Fsp3) is 0.824. The van der Waals surface area contributed by atoms with Crippen LogP contribution in [0.2, 0.25) is 0 Å². The van der Waals surface area contributed by atoms with Crippen molar-refractivity contribution in [3.05, 3.63) is 0 Å². The number of Topliss-reactive ketones (excluding diaryl/α,β-unsaturated/α-hetero) is 1. The van der Waals surface area contributed by atoms with Gasteiger partial charge in [-0.05, 0) is 24.7 Å². The molecule has 2 amide bonds. The summed E-state index contributed by atoms with van der Waals surface area (Å²) < 4.78 is 0. The Balaban J connectivity index is 5.15. The van der Waals surface area contributed by atoms with Crippen molar-refractivity contribution in [2.75, 3.05) is 12.3 Å². The van der Waals surface area contributed by atoms with E-state index in [1.165, 1.54) is 0 Å². The lowest BCUT2D eigenvalue weighted by Crippen LogP contribution is -2.55. The largest absolute Gasteiger partial charge is 0.355 e. The Morgan fingerprint density at radius 3 is 2.04 bits per heavy atom. The summed E-state index contributed by atoms with van der Waals surface area (Å²) in [6.07, 6.45) is 0.775. The van der Waals surface area contributed by atoms with Crippen LogP contribution < -0.4 is 10.6 Å². The highest BCUT2D eigenvalue weighted by Crippen LogP contribution is 2.22. The standard InChI is InChI=1S/C17H32N2O3S/c1-7-18-16(22)14(17(4,5)6)19-15(21)12(8-11(2)3)9-13(20)10-23/h11-12,14,23H,7-10H2,1-6H3,(H,18,22)(H,19,21)/t12-,14-/m1/s1. The van der Waals surface area contributed by atoms with E-state index >= 15 is 0 Å². The minimum absolute atomic E-state index is 0.0561. The lowest BCUT2D eigenvalue weighted by molar-refractivity contribution is -0.135. The number of thiol groups is 1. The van der Waals surface area contributed by atoms with Gasteiger partial charge in [0.1, 0.15) is 11.8 Å². The second kappa shape index (κ2) is 9.96. The van der Waals surface area contributed by atoms with E-state index in [1.807, 2.05) is 41.5 Å². The zero-order chi connectivity index (χ0) is 18.2. The molecule has 0 bridgehead atoms. The summed E-state index contributed by atoms with van der Waals surface area (Å²) in [5, 5.41) is 5.60. The van der Waals surface area contributed by atoms with Crippen molar-refractivity contribution in [3.63, 3.8) is 0 Å². The van der Waals surface area contributed by atoms with E-state index in [0.717, 1.165) is 0 Å². The maximum atomic E-state index is 12.6. The SMILES string of the molecule is CCNC(=O)[C@@H](NC(=O)[C@@H](CC(=O)CS)CC(C)C)C(C)(C)C. The predicted octanol–water partition coefficient (Wildman–Crippen LogP) is 2.20. The zero-order valence-corrected chi connectivity index (χ0v) is 16.1. The quantitative estimate of drug-likeness (QED) is 0.561. The Kier molecular flexibility index (Phi) is 9.51. The summed E-state index contributed by atoms with van der Waals surface area (Å²) in [4.78, 5) is 36.6. The summed E-state index contributed by atoms with van der Waals surface area (Å²) in [7, 11) is 0. The molecular formula is C17H32N2O3S. The van der Waals surface area contributed by atoms with Crippen LogP contribution in [0, 0.1) is 17.3 Å². The van der Waals surface area contributed by atoms with E-state index in [0.29, 0.717) is 13.0 Å². The van der Waals surface area contributed by atoms with Crippen LogP contribution in [0.4, 0.5) is 0 Å². The van der Waals surface area contributed by atoms with Crippen molar-refractivity contribution >= 4 is 30.2 Å². The number of hydrogen-bond donors (Lipinski definition) is 3. The van der Waals surface area contributed by atoms with Crippen LogP contribution in [-0.2, 0) is 14.4 Å². The first kappa shape index (κ1) is 22.0. The summed E-state index contributed by atoms with van der Waals surface area (Å²) in [5.41, 5.74) is -0.412. The minimum Gasteiger partial charge on any atom is -0.355 e. The van der Waals surface area contributed by atoms with E-state index < -0.39 is 17.4 Å². The monoisotopic (exact) mass is 344 g/mol. The first-order valence-electron chi connectivity index (χ1n) is 8.23. The number of hydrogen-bond acceptors (Lipinski definition) is 4. The first-order chi connectivity index (χ1) is 10.5. The average molecular weight is 345 g/mol. The minimum atomic E-state index is -0.629. The Labute approximate surface area is 145 Å². The van der Waals surface area contributed by atoms with Gasteiger partial charge in [-0.15, -0.1) is 0 Å². The molecule has 0 radical (unpaired) electrons. The molecule has 134 valence electrons. The zero-order valence-electron chi connectivity index (χ0n) is 15.2. The second-order valence-corrected chi connectivity index (χ2v) is 7.75. The second-order valence-electron chi connectivity index (χ2n) is 7.43. The van der Waals surface area contributed by atoms with Gasteiger partial charge in [0.15, 0.2) is 0 Å². The number of rotatable bonds is 9. The highest BCUT2D eigenvalue weighted by molar-refractivity contribution is 7.81. The molecule has 0 aromatic rings. The Bertz CT molecular complexity index is 417. The van der Waals surface area contributed by atoms with E-state index in [1.54, 1.807) is 0 Å². The highest BCUT2D eigenvalue weighted by atomic mass is 32.1. The van der Waals surface area contributed by atoms with Crippen molar-refractivity contribution in [1.29, 1.82) is 0 Å². The van der Waals surface area contributed by atoms with Gasteiger partial charge in [0.05, 0.1) is 0 Å². The predicted molar refractivity (Wildman–Crippen MR) is 96.5 cm³/mol. The molecule has 0 unspecified atom stereocenters. The molecule has 0 aromatic carbocycles. The van der Waals surface area contributed by atoms with Gasteiger partial charge in [-0.2, -0.15) is 12.6 Å². The number of carbonyl (C=O) groups is 3. The molecule has 0 rings (SSSR count). The van der Waals surface area contributed by atoms with Crippen molar-refractivity contribution in [2.45, 2.75) is 60.4 Å². The molecule has 0 aliphatic carbocycles. The fourth-order valence-corrected chi connectivity index (χ4v) is 2.53. The molecule has 0 saturated carbocycles. The van der Waals surface area contributed by atoms with Gasteiger partial charge in [-0.3, -0.25) is 14.4 Å². The molecule has 5 nitrogen and oxygen atoms in total. The van der Waals surface area contributed by atoms with Crippen LogP contribution in [0.3, 0.4) is 0 Å². The van der Waals surface area contributed by atoms with Gasteiger partial charge in [0, 0.05) is 24.6 Å². The van der Waals surface area contributed by atoms with Crippen LogP contribution in [0.5, 0.6) is 0 Å². The molecule has 2 atom stereocenters. The van der Waals surface area contributed by atoms with Crippen molar-refractivity contribution in [2.24, 2.45) is 17.3 Å². The van der Waals surface area contributed by atoms with Gasteiger partial charge in [0.2, 0.25) is 11.8 Å². The molecule has 23 heavy (non-hydrogen) atoms. The third-order valence-corrected chi connectivity index (χ3v) is 3.90. The van der Waals surface area contributed by atoms with E-state index in [2.05, 4.69) is 23.3 Å². The van der Waals surface area contributed by atoms with Crippen molar-refractivity contribution in [1.82, 2.24) is 10.6 Å². The Morgan fingerprint density at radius 2 is 1.65 bits per heavy atom. The first-order valence-corrected chi connectivity index (χ1v) is 8.86. The van der Waals surface area contributed by atoms with Crippen LogP contribution in [0.25, 0.3) is 0 Å². The third-order valence-electron chi connectivity index (χ3n) is 3.54. The number of amides is 2. The summed E-state index contributed by atoms with van der Waals surface area (Å²) in [6, 6.07) is -0.629. The van der Waals surface area contributed by atoms with Crippen molar-refractivity contribution in [3.8, 4) is 0 Å². The third kappa shape index (κ3) is 8.39. The fourth-order valence-electron chi connectivity index (χ4n) is 2.40. The molecule has 0 spiro atoms. The molecular weight excluding hydrogens is 312 g/mol. The van der Waals surface area contributed by atoms with E-state index in [9.17, 15) is 14.4 Å². The molecule has 0 heterocycles. The summed E-state index contributed by atoms with van der Waals surface area (Å²) in [6.45, 7) is 12.1. The van der Waals surface area contributed by atoms with Gasteiger partial charge in [-0.1, -0.05) is 34.6 Å². The average Bonchev–Trinajstić information content (AvgIpc) is 2.41. The molecule has 0 saturated heterocycles. The maximum Gasteiger partial charge on any atom is 0.243 e. The maximum absolute atomic E-state index is 12.6.